The van der Waals surface area contributed by atoms with Crippen LogP contribution in [0.3, 0.4) is 0 Å². The standard InChI is InChI=1S/C11H18Cl6NO6P/c1-5(2)23-25(21,24-6(3)4)8(11(15,16)17)22-9(20)18-7(19)10(12,13)14/h5-8,19H,1-4H3,(H,18,20)/t7-,8+/m1/s1. The molecule has 0 heterocycles. The van der Waals surface area contributed by atoms with Crippen molar-refractivity contribution < 1.29 is 28.3 Å². The van der Waals surface area contributed by atoms with Crippen LogP contribution in [0.1, 0.15) is 27.7 Å². The molecule has 1 amide bonds. The number of alkyl carbamates (subject to hydrolysis) is 1. The molecule has 0 unspecified atom stereocenters. The van der Waals surface area contributed by atoms with Crippen LogP contribution in [0, 0.1) is 0 Å². The van der Waals surface area contributed by atoms with E-state index in [1.807, 2.05) is 0 Å². The molecule has 25 heavy (non-hydrogen) atoms. The van der Waals surface area contributed by atoms with E-state index in [1.54, 1.807) is 33.0 Å². The van der Waals surface area contributed by atoms with Gasteiger partial charge in [0.15, 0.2) is 6.23 Å². The fourth-order valence-electron chi connectivity index (χ4n) is 1.36. The Morgan fingerprint density at radius 3 is 1.64 bits per heavy atom. The Morgan fingerprint density at radius 1 is 0.960 bits per heavy atom. The van der Waals surface area contributed by atoms with Crippen LogP contribution >= 0.6 is 77.2 Å². The predicted molar refractivity (Wildman–Crippen MR) is 100 cm³/mol. The Balaban J connectivity index is 5.54. The van der Waals surface area contributed by atoms with E-state index >= 15 is 0 Å². The molecule has 0 radical (unpaired) electrons. The van der Waals surface area contributed by atoms with E-state index in [1.165, 1.54) is 0 Å². The molecule has 0 aliphatic heterocycles. The van der Waals surface area contributed by atoms with Crippen molar-refractivity contribution in [1.82, 2.24) is 5.32 Å². The SMILES string of the molecule is CC(C)OP(=O)(OC(C)C)[C@H](OC(=O)N[C@H](O)C(Cl)(Cl)Cl)C(Cl)(Cl)Cl. The van der Waals surface area contributed by atoms with Gasteiger partial charge in [0.2, 0.25) is 7.59 Å². The Labute approximate surface area is 176 Å². The zero-order valence-electron chi connectivity index (χ0n) is 13.5. The molecular formula is C11H18Cl6NO6P. The second-order valence-electron chi connectivity index (χ2n) is 5.24. The average molecular weight is 504 g/mol. The highest BCUT2D eigenvalue weighted by Crippen LogP contribution is 2.61. The summed E-state index contributed by atoms with van der Waals surface area (Å²) < 4.78 is 23.8. The number of aliphatic hydroxyl groups is 1. The summed E-state index contributed by atoms with van der Waals surface area (Å²) in [4.78, 5) is 11.9. The van der Waals surface area contributed by atoms with Crippen LogP contribution in [0.2, 0.25) is 0 Å². The average Bonchev–Trinajstić information content (AvgIpc) is 2.30. The lowest BCUT2D eigenvalue weighted by Gasteiger charge is -2.33. The van der Waals surface area contributed by atoms with Crippen LogP contribution < -0.4 is 5.32 Å². The molecule has 0 saturated heterocycles. The van der Waals surface area contributed by atoms with E-state index in [-0.39, 0.29) is 0 Å². The van der Waals surface area contributed by atoms with Gasteiger partial charge in [-0.05, 0) is 27.7 Å². The first kappa shape index (κ1) is 26.1. The summed E-state index contributed by atoms with van der Waals surface area (Å²) in [5.41, 5.74) is 0. The van der Waals surface area contributed by atoms with Crippen LogP contribution in [-0.2, 0) is 18.3 Å². The molecule has 0 rings (SSSR count). The van der Waals surface area contributed by atoms with Gasteiger partial charge in [-0.25, -0.2) is 4.79 Å². The zero-order valence-corrected chi connectivity index (χ0v) is 18.9. The number of rotatable bonds is 7. The van der Waals surface area contributed by atoms with Gasteiger partial charge in [0.1, 0.15) is 0 Å². The Kier molecular flexibility index (Phi) is 10.5. The van der Waals surface area contributed by atoms with Crippen molar-refractivity contribution in [1.29, 1.82) is 0 Å². The lowest BCUT2D eigenvalue weighted by Crippen LogP contribution is -2.46. The minimum atomic E-state index is -4.26. The second kappa shape index (κ2) is 10.1. The quantitative estimate of drug-likeness (QED) is 0.284. The minimum Gasteiger partial charge on any atom is -0.428 e. The third-order valence-electron chi connectivity index (χ3n) is 2.07. The number of hydrogen-bond acceptors (Lipinski definition) is 6. The van der Waals surface area contributed by atoms with Crippen molar-refractivity contribution in [3.63, 3.8) is 0 Å². The van der Waals surface area contributed by atoms with Gasteiger partial charge in [-0.3, -0.25) is 9.88 Å². The Morgan fingerprint density at radius 2 is 1.36 bits per heavy atom. The minimum absolute atomic E-state index is 0.613. The monoisotopic (exact) mass is 501 g/mol. The largest absolute Gasteiger partial charge is 0.428 e. The van der Waals surface area contributed by atoms with E-state index in [4.69, 9.17) is 83.4 Å². The number of amides is 1. The van der Waals surface area contributed by atoms with Gasteiger partial charge in [-0.1, -0.05) is 69.6 Å². The highest BCUT2D eigenvalue weighted by atomic mass is 35.6. The smallest absolute Gasteiger partial charge is 0.410 e. The summed E-state index contributed by atoms with van der Waals surface area (Å²) in [6.45, 7) is 6.22. The molecule has 0 aliphatic carbocycles. The molecule has 2 N–H and O–H groups in total. The van der Waals surface area contributed by atoms with Crippen molar-refractivity contribution >= 4 is 83.3 Å². The first-order chi connectivity index (χ1) is 11.0. The van der Waals surface area contributed by atoms with E-state index in [9.17, 15) is 14.5 Å². The summed E-state index contributed by atoms with van der Waals surface area (Å²) in [6, 6.07) is 0. The van der Waals surface area contributed by atoms with Gasteiger partial charge in [0.05, 0.1) is 12.2 Å². The van der Waals surface area contributed by atoms with Crippen molar-refractivity contribution in [3.05, 3.63) is 0 Å². The van der Waals surface area contributed by atoms with Crippen LogP contribution in [-0.4, -0.2) is 43.1 Å². The number of carbonyl (C=O) groups is 1. The molecule has 0 spiro atoms. The molecule has 150 valence electrons. The lowest BCUT2D eigenvalue weighted by atomic mass is 10.5. The lowest BCUT2D eigenvalue weighted by molar-refractivity contribution is 0.0652. The Bertz CT molecular complexity index is 480. The van der Waals surface area contributed by atoms with Crippen LogP contribution in [0.25, 0.3) is 0 Å². The van der Waals surface area contributed by atoms with Crippen molar-refractivity contribution in [2.24, 2.45) is 0 Å². The van der Waals surface area contributed by atoms with Crippen LogP contribution in [0.15, 0.2) is 0 Å². The van der Waals surface area contributed by atoms with Gasteiger partial charge < -0.3 is 18.9 Å². The molecule has 2 atom stereocenters. The molecule has 14 heteroatoms. The second-order valence-corrected chi connectivity index (χ2v) is 11.9. The maximum Gasteiger partial charge on any atom is 0.410 e. The van der Waals surface area contributed by atoms with Crippen LogP contribution in [0.5, 0.6) is 0 Å². The summed E-state index contributed by atoms with van der Waals surface area (Å²) in [6.07, 6.45) is -4.55. The molecule has 0 saturated carbocycles. The van der Waals surface area contributed by atoms with E-state index < -0.39 is 45.6 Å². The third kappa shape index (κ3) is 9.74. The predicted octanol–water partition coefficient (Wildman–Crippen LogP) is 5.14. The molecule has 7 nitrogen and oxygen atoms in total. The maximum atomic E-state index is 13.1. The number of aliphatic hydroxyl groups excluding tert-OH is 1. The zero-order chi connectivity index (χ0) is 20.2. The summed E-state index contributed by atoms with van der Waals surface area (Å²) >= 11 is 33.6. The van der Waals surface area contributed by atoms with Crippen LogP contribution in [0.4, 0.5) is 4.79 Å². The fourth-order valence-corrected chi connectivity index (χ4v) is 4.77. The van der Waals surface area contributed by atoms with Gasteiger partial charge in [0.25, 0.3) is 5.85 Å². The van der Waals surface area contributed by atoms with Gasteiger partial charge in [-0.15, -0.1) is 0 Å². The highest BCUT2D eigenvalue weighted by Gasteiger charge is 2.53. The number of nitrogens with one attached hydrogen (secondary N) is 1. The number of halogens is 6. The summed E-state index contributed by atoms with van der Waals surface area (Å²) in [7, 11) is -4.26. The summed E-state index contributed by atoms with van der Waals surface area (Å²) in [5.74, 6) is -1.96. The fraction of sp³-hybridized carbons (Fsp3) is 0.909. The molecular weight excluding hydrogens is 486 g/mol. The Hall–Kier alpha value is 1.12. The topological polar surface area (TPSA) is 94.1 Å². The number of hydrogen-bond donors (Lipinski definition) is 2. The van der Waals surface area contributed by atoms with Gasteiger partial charge in [0, 0.05) is 0 Å². The molecule has 0 aliphatic rings. The van der Waals surface area contributed by atoms with Gasteiger partial charge in [-0.2, -0.15) is 0 Å². The van der Waals surface area contributed by atoms with Crippen molar-refractivity contribution in [3.8, 4) is 0 Å². The number of ether oxygens (including phenoxy) is 1. The van der Waals surface area contributed by atoms with Crippen molar-refractivity contribution in [2.45, 2.75) is 59.6 Å². The molecule has 0 bridgehead atoms. The van der Waals surface area contributed by atoms with Gasteiger partial charge >= 0.3 is 13.7 Å². The molecule has 0 aromatic carbocycles. The molecule has 0 fully saturated rings. The maximum absolute atomic E-state index is 13.1. The molecule has 0 aromatic heterocycles. The normalized spacial score (nSPS) is 16.0. The number of carbonyl (C=O) groups excluding carboxylic acids is 1. The number of alkyl halides is 6. The first-order valence-corrected chi connectivity index (χ1v) is 10.6. The summed E-state index contributed by atoms with van der Waals surface area (Å²) in [5, 5.41) is 11.3. The highest BCUT2D eigenvalue weighted by molar-refractivity contribution is 7.55. The van der Waals surface area contributed by atoms with Crippen molar-refractivity contribution in [2.75, 3.05) is 0 Å². The molecule has 0 aromatic rings. The third-order valence-corrected chi connectivity index (χ3v) is 6.24. The van der Waals surface area contributed by atoms with E-state index in [0.717, 1.165) is 0 Å². The first-order valence-electron chi connectivity index (χ1n) is 6.74. The van der Waals surface area contributed by atoms with E-state index in [2.05, 4.69) is 0 Å². The van der Waals surface area contributed by atoms with E-state index in [0.29, 0.717) is 0 Å².